The van der Waals surface area contributed by atoms with E-state index in [1.165, 1.54) is 0 Å². The Morgan fingerprint density at radius 3 is 0.848 bits per heavy atom. The minimum atomic E-state index is -7.55. The van der Waals surface area contributed by atoms with E-state index in [1.807, 2.05) is 15.9 Å². The summed E-state index contributed by atoms with van der Waals surface area (Å²) >= 11 is 1.94. The summed E-state index contributed by atoms with van der Waals surface area (Å²) in [6.07, 6.45) is -14.7. The van der Waals surface area contributed by atoms with Crippen LogP contribution in [0.1, 0.15) is 11.1 Å². The summed E-state index contributed by atoms with van der Waals surface area (Å²) < 4.78 is 233. The maximum absolute atomic E-state index is 13.9. The molecule has 0 fully saturated rings. The predicted octanol–water partition coefficient (Wildman–Crippen LogP) is 8.30. The molecule has 33 heavy (non-hydrogen) atoms. The van der Waals surface area contributed by atoms with Crippen LogP contribution in [0, 0.1) is 0 Å². The van der Waals surface area contributed by atoms with Crippen molar-refractivity contribution in [3.63, 3.8) is 0 Å². The number of hydrogen-bond donors (Lipinski definition) is 0. The number of benzene rings is 1. The molecular weight excluding hydrogens is 590 g/mol. The number of hydrogen-bond acceptors (Lipinski definition) is 0. The summed E-state index contributed by atoms with van der Waals surface area (Å²) in [7, 11) is 0. The first kappa shape index (κ1) is 29.5. The Bertz CT molecular complexity index is 809. The van der Waals surface area contributed by atoms with Gasteiger partial charge in [0, 0.05) is 15.6 Å². The monoisotopic (exact) mass is 592 g/mol. The van der Waals surface area contributed by atoms with Crippen molar-refractivity contribution in [1.29, 1.82) is 0 Å². The topological polar surface area (TPSA) is 0 Å². The van der Waals surface area contributed by atoms with Gasteiger partial charge in [0.15, 0.2) is 0 Å². The van der Waals surface area contributed by atoms with Gasteiger partial charge in [0.05, 0.1) is 0 Å². The van der Waals surface area contributed by atoms with Crippen molar-refractivity contribution < 1.29 is 79.0 Å². The smallest absolute Gasteiger partial charge is 0.194 e. The van der Waals surface area contributed by atoms with E-state index in [0.29, 0.717) is 0 Å². The molecule has 0 nitrogen and oxygen atoms in total. The summed E-state index contributed by atoms with van der Waals surface area (Å²) in [6, 6.07) is -2.45. The van der Waals surface area contributed by atoms with Crippen molar-refractivity contribution in [3.05, 3.63) is 33.8 Å². The van der Waals surface area contributed by atoms with E-state index in [4.69, 9.17) is 0 Å². The number of halogens is 19. The van der Waals surface area contributed by atoms with Gasteiger partial charge in [0.2, 0.25) is 0 Å². The molecule has 0 aliphatic heterocycles. The highest BCUT2D eigenvalue weighted by Crippen LogP contribution is 2.59. The highest BCUT2D eigenvalue weighted by atomic mass is 79.9. The third-order valence-electron chi connectivity index (χ3n) is 3.91. The van der Waals surface area contributed by atoms with Gasteiger partial charge in [-0.25, -0.2) is 0 Å². The fourth-order valence-electron chi connectivity index (χ4n) is 2.07. The zero-order chi connectivity index (χ0) is 26.9. The molecule has 0 radical (unpaired) electrons. The van der Waals surface area contributed by atoms with Gasteiger partial charge >= 0.3 is 47.9 Å². The maximum Gasteiger partial charge on any atom is 0.460 e. The van der Waals surface area contributed by atoms with E-state index in [9.17, 15) is 79.0 Å². The molecule has 0 spiro atoms. The molecule has 0 amide bonds. The average Bonchev–Trinajstić information content (AvgIpc) is 2.58. The van der Waals surface area contributed by atoms with Gasteiger partial charge < -0.3 is 0 Å². The van der Waals surface area contributed by atoms with Gasteiger partial charge in [-0.1, -0.05) is 15.9 Å². The van der Waals surface area contributed by atoms with Gasteiger partial charge in [-0.3, -0.25) is 0 Å². The standard InChI is InChI=1S/C14H3BrF18/c15-6-2-4(7(16,17)9(20,21)11(24,25)13(28,29)30)1-5(3-6)8(18,19)10(22,23)12(26,27)14(31,32)33/h1-3H. The first-order chi connectivity index (χ1) is 14.1. The van der Waals surface area contributed by atoms with Crippen LogP contribution in [0.25, 0.3) is 0 Å². The van der Waals surface area contributed by atoms with Crippen LogP contribution in [-0.4, -0.2) is 36.0 Å². The van der Waals surface area contributed by atoms with E-state index in [0.717, 1.165) is 0 Å². The zero-order valence-electron chi connectivity index (χ0n) is 14.4. The van der Waals surface area contributed by atoms with E-state index in [2.05, 4.69) is 0 Å². The Morgan fingerprint density at radius 2 is 0.636 bits per heavy atom. The normalized spacial score (nSPS) is 15.7. The highest BCUT2D eigenvalue weighted by molar-refractivity contribution is 9.10. The van der Waals surface area contributed by atoms with E-state index >= 15 is 0 Å². The summed E-state index contributed by atoms with van der Waals surface area (Å²) in [5.74, 6) is -43.7. The maximum atomic E-state index is 13.9. The number of alkyl halides is 18. The zero-order valence-corrected chi connectivity index (χ0v) is 16.0. The minimum Gasteiger partial charge on any atom is -0.194 e. The quantitative estimate of drug-likeness (QED) is 0.292. The highest BCUT2D eigenvalue weighted by Gasteiger charge is 2.83. The molecule has 0 saturated carbocycles. The van der Waals surface area contributed by atoms with Crippen LogP contribution in [0.2, 0.25) is 0 Å². The van der Waals surface area contributed by atoms with Crippen LogP contribution in [0.15, 0.2) is 22.7 Å². The largest absolute Gasteiger partial charge is 0.460 e. The summed E-state index contributed by atoms with van der Waals surface area (Å²) in [4.78, 5) is 0. The van der Waals surface area contributed by atoms with Gasteiger partial charge in [-0.2, -0.15) is 79.0 Å². The van der Waals surface area contributed by atoms with Crippen LogP contribution >= 0.6 is 15.9 Å². The lowest BCUT2D eigenvalue weighted by Crippen LogP contribution is -2.60. The van der Waals surface area contributed by atoms with Crippen molar-refractivity contribution in [1.82, 2.24) is 0 Å². The lowest BCUT2D eigenvalue weighted by molar-refractivity contribution is -0.400. The molecule has 0 unspecified atom stereocenters. The molecule has 0 atom stereocenters. The number of rotatable bonds is 6. The molecule has 1 aromatic rings. The fraction of sp³-hybridized carbons (Fsp3) is 0.571. The Balaban J connectivity index is 3.80. The van der Waals surface area contributed by atoms with Crippen molar-refractivity contribution >= 4 is 15.9 Å². The molecule has 0 N–H and O–H groups in total. The molecule has 192 valence electrons. The van der Waals surface area contributed by atoms with Crippen LogP contribution in [0.3, 0.4) is 0 Å². The third-order valence-corrected chi connectivity index (χ3v) is 4.37. The van der Waals surface area contributed by atoms with Crippen molar-refractivity contribution in [3.8, 4) is 0 Å². The molecule has 0 aromatic heterocycles. The first-order valence-electron chi connectivity index (χ1n) is 7.32. The van der Waals surface area contributed by atoms with Gasteiger partial charge in [-0.05, 0) is 18.2 Å². The lowest BCUT2D eigenvalue weighted by atomic mass is 9.91. The van der Waals surface area contributed by atoms with Gasteiger partial charge in [0.25, 0.3) is 0 Å². The summed E-state index contributed by atoms with van der Waals surface area (Å²) in [5, 5.41) is 0. The second-order valence-corrected chi connectivity index (χ2v) is 7.09. The summed E-state index contributed by atoms with van der Waals surface area (Å²) in [6.45, 7) is 0. The van der Waals surface area contributed by atoms with Crippen LogP contribution < -0.4 is 0 Å². The van der Waals surface area contributed by atoms with Gasteiger partial charge in [-0.15, -0.1) is 0 Å². The molecule has 0 aliphatic rings. The van der Waals surface area contributed by atoms with Crippen molar-refractivity contribution in [2.75, 3.05) is 0 Å². The van der Waals surface area contributed by atoms with E-state index in [-0.39, 0.29) is 0 Å². The second kappa shape index (κ2) is 7.73. The lowest BCUT2D eigenvalue weighted by Gasteiger charge is -2.35. The van der Waals surface area contributed by atoms with Crippen LogP contribution in [-0.2, 0) is 11.8 Å². The predicted molar refractivity (Wildman–Crippen MR) is 73.8 cm³/mol. The molecule has 0 bridgehead atoms. The molecule has 1 aromatic carbocycles. The molecule has 0 heterocycles. The van der Waals surface area contributed by atoms with E-state index in [1.54, 1.807) is 0 Å². The fourth-order valence-corrected chi connectivity index (χ4v) is 2.56. The Hall–Kier alpha value is -1.56. The molecule has 19 heteroatoms. The SMILES string of the molecule is FC(F)(F)C(F)(F)C(F)(F)C(F)(F)c1cc(Br)cc(C(F)(F)C(F)(F)C(F)(F)C(F)(F)F)c1. The van der Waals surface area contributed by atoms with Crippen molar-refractivity contribution in [2.24, 2.45) is 0 Å². The summed E-state index contributed by atoms with van der Waals surface area (Å²) in [5.41, 5.74) is -5.96. The Kier molecular flexibility index (Phi) is 6.90. The molecule has 0 saturated heterocycles. The van der Waals surface area contributed by atoms with Gasteiger partial charge in [0.1, 0.15) is 0 Å². The van der Waals surface area contributed by atoms with Crippen LogP contribution in [0.5, 0.6) is 0 Å². The molecular formula is C14H3BrF18. The Labute approximate surface area is 177 Å². The molecule has 1 rings (SSSR count). The van der Waals surface area contributed by atoms with E-state index < -0.39 is 81.7 Å². The first-order valence-corrected chi connectivity index (χ1v) is 8.12. The Morgan fingerprint density at radius 1 is 0.394 bits per heavy atom. The second-order valence-electron chi connectivity index (χ2n) is 6.17. The van der Waals surface area contributed by atoms with Crippen molar-refractivity contribution in [2.45, 2.75) is 47.9 Å². The van der Waals surface area contributed by atoms with Crippen LogP contribution in [0.4, 0.5) is 79.0 Å². The third kappa shape index (κ3) is 4.21. The molecule has 0 aliphatic carbocycles. The average molecular weight is 593 g/mol. The minimum absolute atomic E-state index is 0.556.